The van der Waals surface area contributed by atoms with Crippen LogP contribution in [0.2, 0.25) is 0 Å². The van der Waals surface area contributed by atoms with Crippen LogP contribution in [0.1, 0.15) is 0 Å². The molecule has 0 aromatic carbocycles. The van der Waals surface area contributed by atoms with Crippen LogP contribution in [-0.2, 0) is 0 Å². The van der Waals surface area contributed by atoms with Gasteiger partial charge in [-0.15, -0.1) is 0 Å². The standard InChI is InChI=1S/C21H54N15P3/c1-28(2)37(29(3)4,30(5)6)25-19-22-20(26-38(31(7)8,32(9)10)33(11)12)24-21(23-19)27-39(34(13)14,35(15)16)36(17)18/h1-18H3. The van der Waals surface area contributed by atoms with Crippen molar-refractivity contribution < 1.29 is 0 Å². The summed E-state index contributed by atoms with van der Waals surface area (Å²) in [5, 5.41) is 0. The molecule has 1 rings (SSSR count). The molecule has 0 N–H and O–H groups in total. The topological polar surface area (TPSA) is 105 Å². The predicted octanol–water partition coefficient (Wildman–Crippen LogP) is 3.66. The molecule has 1 aromatic heterocycles. The molecular weight excluding hydrogens is 555 g/mol. The van der Waals surface area contributed by atoms with Crippen molar-refractivity contribution in [1.29, 1.82) is 0 Å². The Morgan fingerprint density at radius 3 is 0.538 bits per heavy atom. The maximum absolute atomic E-state index is 5.19. The van der Waals surface area contributed by atoms with Gasteiger partial charge < -0.3 is 0 Å². The third-order valence-corrected chi connectivity index (χ3v) is 17.1. The SMILES string of the molecule is CN(C)P(=Nc1nc(N=P(N(C)C)(N(C)C)N(C)C)nc(N=P(N(C)C)(N(C)C)N(C)C)n1)(N(C)C)N(C)C. The van der Waals surface area contributed by atoms with Gasteiger partial charge in [-0.25, -0.2) is 0 Å². The third-order valence-electron chi connectivity index (χ3n) is 6.10. The number of nitrogens with zero attached hydrogens (tertiary/aromatic N) is 15. The molecule has 0 aliphatic heterocycles. The van der Waals surface area contributed by atoms with Crippen molar-refractivity contribution in [3.63, 3.8) is 0 Å². The number of hydrogen-bond acceptors (Lipinski definition) is 6. The molecule has 0 atom stereocenters. The van der Waals surface area contributed by atoms with E-state index in [-0.39, 0.29) is 0 Å². The molecule has 0 amide bonds. The summed E-state index contributed by atoms with van der Waals surface area (Å²) in [6, 6.07) is 0. The fraction of sp³-hybridized carbons (Fsp3) is 0.857. The van der Waals surface area contributed by atoms with E-state index in [2.05, 4.69) is 42.0 Å². The van der Waals surface area contributed by atoms with Gasteiger partial charge in [0.2, 0.25) is 0 Å². The molecule has 0 saturated carbocycles. The van der Waals surface area contributed by atoms with Crippen LogP contribution in [0.4, 0.5) is 17.8 Å². The number of rotatable bonds is 12. The Balaban J connectivity index is 4.44. The molecule has 0 aliphatic rings. The summed E-state index contributed by atoms with van der Waals surface area (Å²) in [7, 11) is 29.4. The average molecular weight is 610 g/mol. The fourth-order valence-corrected chi connectivity index (χ4v) is 13.9. The maximum atomic E-state index is 5.19. The van der Waals surface area contributed by atoms with Gasteiger partial charge in [-0.3, -0.25) is 42.0 Å². The van der Waals surface area contributed by atoms with Crippen molar-refractivity contribution in [3.05, 3.63) is 0 Å². The van der Waals surface area contributed by atoms with E-state index in [4.69, 9.17) is 29.2 Å². The van der Waals surface area contributed by atoms with E-state index >= 15 is 0 Å². The summed E-state index contributed by atoms with van der Waals surface area (Å²) in [4.78, 5) is 14.4. The molecule has 1 heterocycles. The Morgan fingerprint density at radius 1 is 0.308 bits per heavy atom. The van der Waals surface area contributed by atoms with Gasteiger partial charge in [0.05, 0.1) is 0 Å². The van der Waals surface area contributed by atoms with Crippen LogP contribution in [0, 0.1) is 0 Å². The molecule has 0 bridgehead atoms. The molecule has 15 nitrogen and oxygen atoms in total. The van der Waals surface area contributed by atoms with E-state index in [9.17, 15) is 0 Å². The second-order valence-corrected chi connectivity index (χ2v) is 21.8. The first-order valence-electron chi connectivity index (χ1n) is 12.5. The van der Waals surface area contributed by atoms with Crippen molar-refractivity contribution >= 4 is 40.4 Å². The Kier molecular flexibility index (Phi) is 13.1. The van der Waals surface area contributed by atoms with Gasteiger partial charge in [0, 0.05) is 0 Å². The van der Waals surface area contributed by atoms with Crippen LogP contribution >= 0.6 is 22.5 Å². The van der Waals surface area contributed by atoms with Gasteiger partial charge in [-0.05, 0) is 127 Å². The van der Waals surface area contributed by atoms with Crippen LogP contribution in [0.3, 0.4) is 0 Å². The highest BCUT2D eigenvalue weighted by atomic mass is 31.2. The molecule has 0 aliphatic carbocycles. The molecule has 0 saturated heterocycles. The van der Waals surface area contributed by atoms with Crippen LogP contribution < -0.4 is 0 Å². The summed E-state index contributed by atoms with van der Waals surface area (Å²) in [5.74, 6) is 0.905. The molecule has 39 heavy (non-hydrogen) atoms. The summed E-state index contributed by atoms with van der Waals surface area (Å²) in [6.45, 7) is 0. The molecular formula is C21H54N15P3. The average Bonchev–Trinajstić information content (AvgIpc) is 2.77. The van der Waals surface area contributed by atoms with Gasteiger partial charge in [0.15, 0.2) is 22.5 Å². The first kappa shape index (κ1) is 36.4. The minimum absolute atomic E-state index is 0.302. The Hall–Kier alpha value is -0.660. The van der Waals surface area contributed by atoms with Gasteiger partial charge in [-0.2, -0.15) is 29.2 Å². The summed E-state index contributed by atoms with van der Waals surface area (Å²) < 4.78 is 34.7. The van der Waals surface area contributed by atoms with E-state index in [1.165, 1.54) is 0 Å². The van der Waals surface area contributed by atoms with E-state index in [1.54, 1.807) is 0 Å². The van der Waals surface area contributed by atoms with Gasteiger partial charge in [0.25, 0.3) is 17.8 Å². The van der Waals surface area contributed by atoms with E-state index in [0.717, 1.165) is 0 Å². The highest BCUT2D eigenvalue weighted by Crippen LogP contribution is 2.59. The van der Waals surface area contributed by atoms with Gasteiger partial charge >= 0.3 is 0 Å². The summed E-state index contributed by atoms with van der Waals surface area (Å²) >= 11 is 0. The lowest BCUT2D eigenvalue weighted by atomic mass is 10.8. The number of hydrogen-bond donors (Lipinski definition) is 0. The molecule has 18 heteroatoms. The van der Waals surface area contributed by atoms with Crippen molar-refractivity contribution in [1.82, 2.24) is 57.0 Å². The van der Waals surface area contributed by atoms with E-state index in [1.807, 2.05) is 127 Å². The molecule has 1 aromatic rings. The zero-order valence-corrected chi connectivity index (χ0v) is 30.2. The van der Waals surface area contributed by atoms with Crippen molar-refractivity contribution in [3.8, 4) is 0 Å². The molecule has 228 valence electrons. The lowest BCUT2D eigenvalue weighted by Gasteiger charge is -2.41. The summed E-state index contributed by atoms with van der Waals surface area (Å²) in [6.07, 6.45) is 0. The van der Waals surface area contributed by atoms with E-state index < -0.39 is 22.5 Å². The normalized spacial score (nSPS) is 13.9. The Labute approximate surface area is 238 Å². The van der Waals surface area contributed by atoms with Crippen LogP contribution in [0.5, 0.6) is 0 Å². The third kappa shape index (κ3) is 7.23. The fourth-order valence-electron chi connectivity index (χ4n) is 4.86. The first-order valence-corrected chi connectivity index (χ1v) is 17.3. The number of aromatic nitrogens is 3. The zero-order chi connectivity index (χ0) is 30.7. The van der Waals surface area contributed by atoms with Crippen LogP contribution in [0.25, 0.3) is 0 Å². The summed E-state index contributed by atoms with van der Waals surface area (Å²) in [5.41, 5.74) is 0. The predicted molar refractivity (Wildman–Crippen MR) is 170 cm³/mol. The largest absolute Gasteiger partial charge is 0.258 e. The lowest BCUT2D eigenvalue weighted by Crippen LogP contribution is -2.31. The van der Waals surface area contributed by atoms with Gasteiger partial charge in [-0.1, -0.05) is 0 Å². The van der Waals surface area contributed by atoms with E-state index in [0.29, 0.717) is 17.8 Å². The first-order chi connectivity index (χ1) is 17.7. The quantitative estimate of drug-likeness (QED) is 0.323. The molecule has 0 spiro atoms. The smallest absolute Gasteiger partial charge is 0.252 e. The minimum Gasteiger partial charge on any atom is -0.252 e. The molecule has 0 unspecified atom stereocenters. The Bertz CT molecular complexity index is 888. The van der Waals surface area contributed by atoms with Crippen LogP contribution in [0.15, 0.2) is 14.2 Å². The highest BCUT2D eigenvalue weighted by molar-refractivity contribution is 7.59. The maximum Gasteiger partial charge on any atom is 0.258 e. The minimum atomic E-state index is -2.35. The monoisotopic (exact) mass is 609 g/mol. The van der Waals surface area contributed by atoms with Crippen LogP contribution in [-0.4, -0.2) is 184 Å². The van der Waals surface area contributed by atoms with Gasteiger partial charge in [0.1, 0.15) is 0 Å². The zero-order valence-electron chi connectivity index (χ0n) is 27.5. The second-order valence-electron chi connectivity index (χ2n) is 10.8. The highest BCUT2D eigenvalue weighted by Gasteiger charge is 2.33. The second kappa shape index (κ2) is 14.0. The lowest BCUT2D eigenvalue weighted by molar-refractivity contribution is 0.472. The van der Waals surface area contributed by atoms with Crippen molar-refractivity contribution in [2.75, 3.05) is 127 Å². The Morgan fingerprint density at radius 2 is 0.436 bits per heavy atom. The van der Waals surface area contributed by atoms with Crippen molar-refractivity contribution in [2.24, 2.45) is 14.2 Å². The van der Waals surface area contributed by atoms with Crippen molar-refractivity contribution in [2.45, 2.75) is 0 Å². The molecule has 0 radical (unpaired) electrons. The molecule has 0 fully saturated rings.